The van der Waals surface area contributed by atoms with Crippen molar-refractivity contribution in [2.24, 2.45) is 0 Å². The Bertz CT molecular complexity index is 1580. The van der Waals surface area contributed by atoms with Gasteiger partial charge in [-0.3, -0.25) is 9.69 Å². The summed E-state index contributed by atoms with van der Waals surface area (Å²) in [7, 11) is 2.47. The van der Waals surface area contributed by atoms with E-state index >= 15 is 0 Å². The van der Waals surface area contributed by atoms with Crippen LogP contribution in [0.25, 0.3) is 16.9 Å². The van der Waals surface area contributed by atoms with E-state index in [1.54, 1.807) is 29.2 Å². The molecule has 0 unspecified atom stereocenters. The average Bonchev–Trinajstić information content (AvgIpc) is 3.38. The average molecular weight is 596 g/mol. The summed E-state index contributed by atoms with van der Waals surface area (Å²) < 4.78 is 89.5. The molecule has 5 rings (SSSR count). The SMILES string of the molecule is CO.COc1ccc(-c2nc3c(C(=O)N4CCN(Cc5cc(F)cc(F)c5F)CC4)cnn3c(C(F)(F)F)c2C)cc1. The number of rotatable bonds is 5. The van der Waals surface area contributed by atoms with Gasteiger partial charge in [0, 0.05) is 62.6 Å². The molecule has 1 aliphatic heterocycles. The van der Waals surface area contributed by atoms with E-state index < -0.39 is 35.2 Å². The Morgan fingerprint density at radius 2 is 1.67 bits per heavy atom. The first-order valence-electron chi connectivity index (χ1n) is 12.7. The van der Waals surface area contributed by atoms with Gasteiger partial charge in [-0.25, -0.2) is 22.7 Å². The summed E-state index contributed by atoms with van der Waals surface area (Å²) in [6, 6.07) is 7.73. The fourth-order valence-corrected chi connectivity index (χ4v) is 4.83. The zero-order valence-electron chi connectivity index (χ0n) is 22.8. The van der Waals surface area contributed by atoms with Crippen LogP contribution in [0.5, 0.6) is 5.75 Å². The van der Waals surface area contributed by atoms with Crippen LogP contribution in [0, 0.1) is 24.4 Å². The Balaban J connectivity index is 0.00000198. The first-order chi connectivity index (χ1) is 20.0. The standard InChI is InChI=1S/C27H23F6N5O2.CH4O/c1-15-23(16-3-5-19(40-2)6-4-16)35-25-20(13-34-38(25)24(15)27(31,32)33)26(39)37-9-7-36(8-10-37)14-17-11-18(28)12-21(29)22(17)30;1-2/h3-6,11-13H,7-10,14H2,1-2H3;2H,1H3. The third-order valence-corrected chi connectivity index (χ3v) is 6.87. The summed E-state index contributed by atoms with van der Waals surface area (Å²) in [6.07, 6.45) is -3.72. The Hall–Kier alpha value is -4.17. The number of ether oxygens (including phenoxy) is 1. The summed E-state index contributed by atoms with van der Waals surface area (Å²) in [5.74, 6) is -3.37. The lowest BCUT2D eigenvalue weighted by atomic mass is 10.0. The van der Waals surface area contributed by atoms with Gasteiger partial charge in [0.15, 0.2) is 23.0 Å². The van der Waals surface area contributed by atoms with Gasteiger partial charge in [0.25, 0.3) is 5.91 Å². The monoisotopic (exact) mass is 595 g/mol. The van der Waals surface area contributed by atoms with Crippen molar-refractivity contribution in [3.63, 3.8) is 0 Å². The highest BCUT2D eigenvalue weighted by atomic mass is 19.4. The van der Waals surface area contributed by atoms with Crippen molar-refractivity contribution in [2.75, 3.05) is 40.4 Å². The van der Waals surface area contributed by atoms with Crippen LogP contribution >= 0.6 is 0 Å². The molecule has 1 saturated heterocycles. The van der Waals surface area contributed by atoms with E-state index in [0.717, 1.165) is 19.4 Å². The number of carbonyl (C=O) groups is 1. The molecule has 1 fully saturated rings. The van der Waals surface area contributed by atoms with E-state index in [2.05, 4.69) is 10.1 Å². The predicted octanol–water partition coefficient (Wildman–Crippen LogP) is 4.72. The second-order valence-electron chi connectivity index (χ2n) is 9.38. The number of piperazine rings is 1. The van der Waals surface area contributed by atoms with E-state index in [4.69, 9.17) is 9.84 Å². The molecule has 3 heterocycles. The predicted molar refractivity (Wildman–Crippen MR) is 140 cm³/mol. The number of nitrogens with zero attached hydrogens (tertiary/aromatic N) is 5. The Morgan fingerprint density at radius 1 is 1.02 bits per heavy atom. The molecule has 1 aliphatic rings. The van der Waals surface area contributed by atoms with Crippen molar-refractivity contribution in [3.05, 3.63) is 82.4 Å². The fourth-order valence-electron chi connectivity index (χ4n) is 4.83. The minimum Gasteiger partial charge on any atom is -0.497 e. The molecule has 42 heavy (non-hydrogen) atoms. The molecule has 1 amide bonds. The number of methoxy groups -OCH3 is 1. The van der Waals surface area contributed by atoms with Gasteiger partial charge < -0.3 is 14.7 Å². The quantitative estimate of drug-likeness (QED) is 0.266. The number of aliphatic hydroxyl groups excluding tert-OH is 1. The van der Waals surface area contributed by atoms with E-state index in [-0.39, 0.29) is 60.8 Å². The Labute approximate surface area is 236 Å². The van der Waals surface area contributed by atoms with Crippen LogP contribution in [-0.2, 0) is 12.7 Å². The molecule has 4 aromatic rings. The number of benzene rings is 2. The maximum absolute atomic E-state index is 14.2. The van der Waals surface area contributed by atoms with E-state index in [1.165, 1.54) is 18.9 Å². The molecule has 0 saturated carbocycles. The molecule has 2 aromatic carbocycles. The summed E-state index contributed by atoms with van der Waals surface area (Å²) in [6.45, 7) is 2.03. The summed E-state index contributed by atoms with van der Waals surface area (Å²) in [4.78, 5) is 21.0. The highest BCUT2D eigenvalue weighted by molar-refractivity contribution is 6.00. The lowest BCUT2D eigenvalue weighted by Gasteiger charge is -2.34. The molecular weight excluding hydrogens is 568 g/mol. The van der Waals surface area contributed by atoms with Gasteiger partial charge in [-0.2, -0.15) is 18.3 Å². The van der Waals surface area contributed by atoms with Gasteiger partial charge in [-0.15, -0.1) is 0 Å². The number of amides is 1. The number of hydrogen-bond acceptors (Lipinski definition) is 6. The van der Waals surface area contributed by atoms with Crippen molar-refractivity contribution in [1.82, 2.24) is 24.4 Å². The van der Waals surface area contributed by atoms with E-state index in [9.17, 15) is 31.1 Å². The largest absolute Gasteiger partial charge is 0.497 e. The molecule has 224 valence electrons. The van der Waals surface area contributed by atoms with Gasteiger partial charge in [0.05, 0.1) is 19.0 Å². The van der Waals surface area contributed by atoms with Gasteiger partial charge in [0.1, 0.15) is 17.1 Å². The van der Waals surface area contributed by atoms with Crippen molar-refractivity contribution < 1.29 is 41.0 Å². The summed E-state index contributed by atoms with van der Waals surface area (Å²) >= 11 is 0. The topological polar surface area (TPSA) is 83.2 Å². The minimum absolute atomic E-state index is 0.0474. The molecule has 0 radical (unpaired) electrons. The normalized spacial score (nSPS) is 14.1. The maximum atomic E-state index is 14.2. The number of carbonyl (C=O) groups excluding carboxylic acids is 1. The van der Waals surface area contributed by atoms with Crippen molar-refractivity contribution in [2.45, 2.75) is 19.6 Å². The third-order valence-electron chi connectivity index (χ3n) is 6.87. The third kappa shape index (κ3) is 6.04. The van der Waals surface area contributed by atoms with Crippen LogP contribution in [-0.4, -0.2) is 75.8 Å². The molecule has 0 bridgehead atoms. The highest BCUT2D eigenvalue weighted by Crippen LogP contribution is 2.37. The smallest absolute Gasteiger partial charge is 0.433 e. The highest BCUT2D eigenvalue weighted by Gasteiger charge is 2.39. The van der Waals surface area contributed by atoms with Crippen LogP contribution in [0.4, 0.5) is 26.3 Å². The maximum Gasteiger partial charge on any atom is 0.433 e. The van der Waals surface area contributed by atoms with Crippen molar-refractivity contribution >= 4 is 11.6 Å². The van der Waals surface area contributed by atoms with Crippen molar-refractivity contribution in [3.8, 4) is 17.0 Å². The Morgan fingerprint density at radius 3 is 2.26 bits per heavy atom. The Kier molecular flexibility index (Phi) is 9.06. The number of halogens is 6. The molecule has 0 atom stereocenters. The lowest BCUT2D eigenvalue weighted by Crippen LogP contribution is -2.48. The van der Waals surface area contributed by atoms with E-state index in [1.807, 2.05) is 0 Å². The number of alkyl halides is 3. The van der Waals surface area contributed by atoms with Crippen LogP contribution in [0.2, 0.25) is 0 Å². The summed E-state index contributed by atoms with van der Waals surface area (Å²) in [5.41, 5.74) is -1.24. The first kappa shape index (κ1) is 30.8. The van der Waals surface area contributed by atoms with Crippen molar-refractivity contribution in [1.29, 1.82) is 0 Å². The van der Waals surface area contributed by atoms with Gasteiger partial charge in [-0.05, 0) is 37.3 Å². The van der Waals surface area contributed by atoms with Gasteiger partial charge in [-0.1, -0.05) is 0 Å². The van der Waals surface area contributed by atoms with Crippen LogP contribution in [0.15, 0.2) is 42.6 Å². The number of aromatic nitrogens is 3. The second kappa shape index (κ2) is 12.4. The zero-order chi connectivity index (χ0) is 30.8. The fraction of sp³-hybridized carbons (Fsp3) is 0.321. The van der Waals surface area contributed by atoms with Crippen LogP contribution < -0.4 is 4.74 Å². The van der Waals surface area contributed by atoms with Crippen LogP contribution in [0.3, 0.4) is 0 Å². The van der Waals surface area contributed by atoms with Crippen LogP contribution in [0.1, 0.15) is 27.2 Å². The van der Waals surface area contributed by atoms with E-state index in [0.29, 0.717) is 21.9 Å². The van der Waals surface area contributed by atoms with Gasteiger partial charge in [0.2, 0.25) is 0 Å². The molecular formula is C28H27F6N5O3. The molecule has 0 aliphatic carbocycles. The zero-order valence-corrected chi connectivity index (χ0v) is 22.8. The minimum atomic E-state index is -4.78. The number of fused-ring (bicyclic) bond motifs is 1. The number of aliphatic hydroxyl groups is 1. The molecule has 0 spiro atoms. The molecule has 8 nitrogen and oxygen atoms in total. The molecule has 14 heteroatoms. The summed E-state index contributed by atoms with van der Waals surface area (Å²) in [5, 5.41) is 10.9. The molecule has 2 aromatic heterocycles. The first-order valence-corrected chi connectivity index (χ1v) is 12.7. The van der Waals surface area contributed by atoms with Gasteiger partial charge >= 0.3 is 6.18 Å². The second-order valence-corrected chi connectivity index (χ2v) is 9.38. The number of hydrogen-bond donors (Lipinski definition) is 1. The molecule has 1 N–H and O–H groups in total. The lowest BCUT2D eigenvalue weighted by molar-refractivity contribution is -0.143.